The Kier molecular flexibility index (Phi) is 9.72. The van der Waals surface area contributed by atoms with Crippen molar-refractivity contribution in [2.24, 2.45) is 5.73 Å². The van der Waals surface area contributed by atoms with Crippen LogP contribution in [0.25, 0.3) is 10.9 Å². The van der Waals surface area contributed by atoms with Gasteiger partial charge in [0.1, 0.15) is 18.1 Å². The largest absolute Gasteiger partial charge is 0.481 e. The quantitative estimate of drug-likeness (QED) is 0.108. The van der Waals surface area contributed by atoms with Crippen LogP contribution >= 0.6 is 0 Å². The van der Waals surface area contributed by atoms with E-state index in [2.05, 4.69) is 30.9 Å². The maximum absolute atomic E-state index is 12.9. The van der Waals surface area contributed by atoms with Crippen molar-refractivity contribution in [2.45, 2.75) is 43.4 Å². The highest BCUT2D eigenvalue weighted by atomic mass is 16.4. The summed E-state index contributed by atoms with van der Waals surface area (Å²) in [5.74, 6) is -5.75. The number of aromatic amines is 2. The number of H-pyrrole nitrogens is 2. The number of nitrogens with zero attached hydrogens (tertiary/aromatic N) is 1. The van der Waals surface area contributed by atoms with E-state index in [9.17, 15) is 39.3 Å². The fraction of sp³-hybridized carbons (Fsp3) is 0.333. The first kappa shape index (κ1) is 28.8. The summed E-state index contributed by atoms with van der Waals surface area (Å²) < 4.78 is 0. The molecular weight excluding hydrogens is 514 g/mol. The summed E-state index contributed by atoms with van der Waals surface area (Å²) in [6.45, 7) is -0.881. The van der Waals surface area contributed by atoms with Crippen molar-refractivity contribution in [3.63, 3.8) is 0 Å². The number of rotatable bonds is 14. The maximum Gasteiger partial charge on any atom is 0.326 e. The SMILES string of the molecule is NC(Cc1cnc[nH]1)C(=O)NC(CO)C(=O)NC(CC(=O)O)C(=O)NC(Cc1c[nH]c2ccccc12)C(=O)O. The number of aliphatic carboxylic acids is 2. The molecule has 4 atom stereocenters. The number of carbonyl (C=O) groups excluding carboxylic acids is 3. The summed E-state index contributed by atoms with van der Waals surface area (Å²) in [5, 5.41) is 36.0. The number of aromatic nitrogens is 3. The van der Waals surface area contributed by atoms with Crippen molar-refractivity contribution in [3.05, 3.63) is 54.2 Å². The zero-order valence-corrected chi connectivity index (χ0v) is 20.6. The number of carbonyl (C=O) groups is 5. The van der Waals surface area contributed by atoms with Crippen LogP contribution in [0.1, 0.15) is 17.7 Å². The number of hydrogen-bond acceptors (Lipinski definition) is 8. The van der Waals surface area contributed by atoms with Gasteiger partial charge in [-0.25, -0.2) is 9.78 Å². The first-order valence-corrected chi connectivity index (χ1v) is 11.8. The third-order valence-electron chi connectivity index (χ3n) is 5.87. The van der Waals surface area contributed by atoms with Crippen molar-refractivity contribution in [1.29, 1.82) is 0 Å². The van der Waals surface area contributed by atoms with E-state index in [0.717, 1.165) is 10.9 Å². The molecule has 10 N–H and O–H groups in total. The zero-order chi connectivity index (χ0) is 28.5. The predicted molar refractivity (Wildman–Crippen MR) is 135 cm³/mol. The average molecular weight is 544 g/mol. The number of hydrogen-bond donors (Lipinski definition) is 9. The second kappa shape index (κ2) is 13.2. The van der Waals surface area contributed by atoms with Gasteiger partial charge in [0.05, 0.1) is 25.4 Å². The topological polar surface area (TPSA) is 253 Å². The molecule has 0 fully saturated rings. The van der Waals surface area contributed by atoms with Gasteiger partial charge in [-0.3, -0.25) is 19.2 Å². The number of nitrogens with one attached hydrogen (secondary N) is 5. The third-order valence-corrected chi connectivity index (χ3v) is 5.87. The molecule has 4 unspecified atom stereocenters. The molecule has 3 amide bonds. The Morgan fingerprint density at radius 2 is 1.56 bits per heavy atom. The lowest BCUT2D eigenvalue weighted by atomic mass is 10.0. The summed E-state index contributed by atoms with van der Waals surface area (Å²) in [5.41, 5.74) is 7.75. The molecule has 0 spiro atoms. The van der Waals surface area contributed by atoms with Crippen LogP contribution in [0, 0.1) is 0 Å². The Labute approximate surface area is 221 Å². The lowest BCUT2D eigenvalue weighted by Gasteiger charge is -2.23. The Bertz CT molecular complexity index is 1320. The molecule has 0 saturated heterocycles. The monoisotopic (exact) mass is 543 g/mol. The molecule has 0 aliphatic rings. The molecule has 0 bridgehead atoms. The van der Waals surface area contributed by atoms with Gasteiger partial charge in [0.15, 0.2) is 0 Å². The van der Waals surface area contributed by atoms with E-state index in [1.807, 2.05) is 0 Å². The van der Waals surface area contributed by atoms with Crippen LogP contribution < -0.4 is 21.7 Å². The van der Waals surface area contributed by atoms with Crippen LogP contribution in [0.5, 0.6) is 0 Å². The van der Waals surface area contributed by atoms with Crippen LogP contribution in [0.3, 0.4) is 0 Å². The minimum Gasteiger partial charge on any atom is -0.481 e. The van der Waals surface area contributed by atoms with Crippen molar-refractivity contribution in [1.82, 2.24) is 30.9 Å². The molecule has 0 radical (unpaired) electrons. The number of imidazole rings is 1. The molecule has 0 aliphatic heterocycles. The molecule has 0 saturated carbocycles. The van der Waals surface area contributed by atoms with E-state index in [-0.39, 0.29) is 12.8 Å². The molecule has 39 heavy (non-hydrogen) atoms. The number of carboxylic acid groups (broad SMARTS) is 2. The standard InChI is InChI=1S/C24H29N7O8/c25-15(6-13-9-26-11-28-13)21(35)31-19(10-32)23(37)29-17(7-20(33)34)22(36)30-18(24(38)39)5-12-8-27-16-4-2-1-3-14(12)16/h1-4,8-9,11,15,17-19,27,32H,5-7,10,25H2,(H,26,28)(H,29,37)(H,30,36)(H,31,35)(H,33,34)(H,38,39). The van der Waals surface area contributed by atoms with E-state index in [1.54, 1.807) is 30.5 Å². The second-order valence-electron chi connectivity index (χ2n) is 8.75. The van der Waals surface area contributed by atoms with Crippen LogP contribution in [0.2, 0.25) is 0 Å². The molecule has 208 valence electrons. The predicted octanol–water partition coefficient (Wildman–Crippen LogP) is -1.99. The maximum atomic E-state index is 12.9. The fourth-order valence-electron chi connectivity index (χ4n) is 3.85. The van der Waals surface area contributed by atoms with E-state index >= 15 is 0 Å². The Morgan fingerprint density at radius 1 is 0.897 bits per heavy atom. The number of aliphatic hydroxyl groups is 1. The number of para-hydroxylation sites is 1. The van der Waals surface area contributed by atoms with Crippen molar-refractivity contribution in [2.75, 3.05) is 6.61 Å². The Morgan fingerprint density at radius 3 is 2.21 bits per heavy atom. The minimum absolute atomic E-state index is 0.0582. The zero-order valence-electron chi connectivity index (χ0n) is 20.6. The summed E-state index contributed by atoms with van der Waals surface area (Å²) in [6.07, 6.45) is 3.51. The smallest absolute Gasteiger partial charge is 0.326 e. The molecule has 3 rings (SSSR count). The van der Waals surface area contributed by atoms with Gasteiger partial charge >= 0.3 is 11.9 Å². The van der Waals surface area contributed by atoms with Gasteiger partial charge in [-0.15, -0.1) is 0 Å². The lowest BCUT2D eigenvalue weighted by Crippen LogP contribution is -2.58. The summed E-state index contributed by atoms with van der Waals surface area (Å²) in [4.78, 5) is 70.9. The average Bonchev–Trinajstić information content (AvgIpc) is 3.55. The lowest BCUT2D eigenvalue weighted by molar-refractivity contribution is -0.143. The number of carboxylic acids is 2. The number of benzene rings is 1. The van der Waals surface area contributed by atoms with Gasteiger partial charge < -0.3 is 47.0 Å². The first-order valence-electron chi connectivity index (χ1n) is 11.8. The molecule has 2 heterocycles. The van der Waals surface area contributed by atoms with E-state index in [1.165, 1.54) is 12.5 Å². The summed E-state index contributed by atoms with van der Waals surface area (Å²) in [6, 6.07) is 1.33. The van der Waals surface area contributed by atoms with Crippen LogP contribution in [0.4, 0.5) is 0 Å². The number of nitrogens with two attached hydrogens (primary N) is 1. The molecule has 2 aromatic heterocycles. The molecule has 15 nitrogen and oxygen atoms in total. The van der Waals surface area contributed by atoms with Gasteiger partial charge in [0.25, 0.3) is 0 Å². The van der Waals surface area contributed by atoms with E-state index in [0.29, 0.717) is 11.3 Å². The number of amides is 3. The highest BCUT2D eigenvalue weighted by molar-refractivity contribution is 5.96. The van der Waals surface area contributed by atoms with E-state index in [4.69, 9.17) is 5.73 Å². The number of fused-ring (bicyclic) bond motifs is 1. The first-order chi connectivity index (χ1) is 18.6. The van der Waals surface area contributed by atoms with Crippen molar-refractivity contribution < 1.29 is 39.3 Å². The van der Waals surface area contributed by atoms with Crippen molar-refractivity contribution >= 4 is 40.6 Å². The molecule has 0 aliphatic carbocycles. The minimum atomic E-state index is -1.70. The van der Waals surface area contributed by atoms with Gasteiger partial charge in [-0.1, -0.05) is 18.2 Å². The Balaban J connectivity index is 1.66. The summed E-state index contributed by atoms with van der Waals surface area (Å²) >= 11 is 0. The molecular formula is C24H29N7O8. The van der Waals surface area contributed by atoms with Crippen LogP contribution in [0.15, 0.2) is 43.0 Å². The van der Waals surface area contributed by atoms with Crippen molar-refractivity contribution in [3.8, 4) is 0 Å². The second-order valence-corrected chi connectivity index (χ2v) is 8.75. The van der Waals surface area contributed by atoms with Gasteiger partial charge in [-0.2, -0.15) is 0 Å². The third kappa shape index (κ3) is 7.86. The summed E-state index contributed by atoms with van der Waals surface area (Å²) in [7, 11) is 0. The highest BCUT2D eigenvalue weighted by Gasteiger charge is 2.32. The van der Waals surface area contributed by atoms with E-state index < -0.39 is 66.9 Å². The van der Waals surface area contributed by atoms with Gasteiger partial charge in [0.2, 0.25) is 17.7 Å². The highest BCUT2D eigenvalue weighted by Crippen LogP contribution is 2.19. The van der Waals surface area contributed by atoms with Crippen LogP contribution in [-0.2, 0) is 36.8 Å². The normalized spacial score (nSPS) is 14.1. The van der Waals surface area contributed by atoms with Gasteiger partial charge in [0, 0.05) is 41.8 Å². The molecule has 1 aromatic carbocycles. The number of aliphatic hydroxyl groups excluding tert-OH is 1. The fourth-order valence-corrected chi connectivity index (χ4v) is 3.85. The van der Waals surface area contributed by atoms with Crippen LogP contribution in [-0.4, -0.2) is 90.7 Å². The molecule has 15 heteroatoms. The Hall–Kier alpha value is -4.76. The van der Waals surface area contributed by atoms with Gasteiger partial charge in [-0.05, 0) is 11.6 Å². The molecule has 3 aromatic rings.